The molecule has 0 saturated carbocycles. The molecule has 0 radical (unpaired) electrons. The fourth-order valence-electron chi connectivity index (χ4n) is 7.29. The van der Waals surface area contributed by atoms with Gasteiger partial charge in [0.05, 0.1) is 18.8 Å². The highest BCUT2D eigenvalue weighted by Crippen LogP contribution is 2.15. The lowest BCUT2D eigenvalue weighted by molar-refractivity contribution is -0.123. The van der Waals surface area contributed by atoms with E-state index in [1.165, 1.54) is 135 Å². The first kappa shape index (κ1) is 59.0. The Labute approximate surface area is 385 Å². The molecule has 0 aliphatic rings. The summed E-state index contributed by atoms with van der Waals surface area (Å²) in [6.45, 7) is 4.16. The van der Waals surface area contributed by atoms with E-state index in [0.29, 0.717) is 6.42 Å². The highest BCUT2D eigenvalue weighted by atomic mass is 16.3. The van der Waals surface area contributed by atoms with Crippen molar-refractivity contribution in [2.24, 2.45) is 0 Å². The Kier molecular flexibility index (Phi) is 49.9. The third-order valence-corrected chi connectivity index (χ3v) is 11.2. The zero-order valence-electron chi connectivity index (χ0n) is 40.6. The van der Waals surface area contributed by atoms with Crippen LogP contribution >= 0.6 is 0 Å². The zero-order chi connectivity index (χ0) is 44.9. The molecule has 62 heavy (non-hydrogen) atoms. The highest BCUT2D eigenvalue weighted by Gasteiger charge is 2.17. The summed E-state index contributed by atoms with van der Waals surface area (Å²) in [5.41, 5.74) is 0. The Hall–Kier alpha value is -2.95. The summed E-state index contributed by atoms with van der Waals surface area (Å²) in [7, 11) is 0. The number of hydrogen-bond donors (Lipinski definition) is 3. The Balaban J connectivity index is 3.54. The molecule has 4 heteroatoms. The number of aliphatic hydroxyl groups is 2. The summed E-state index contributed by atoms with van der Waals surface area (Å²) in [5.74, 6) is -0.0784. The van der Waals surface area contributed by atoms with E-state index in [2.05, 4.69) is 116 Å². The molecule has 4 nitrogen and oxygen atoms in total. The number of rotatable bonds is 46. The lowest BCUT2D eigenvalue weighted by Gasteiger charge is -2.19. The van der Waals surface area contributed by atoms with Crippen molar-refractivity contribution in [1.82, 2.24) is 5.32 Å². The summed E-state index contributed by atoms with van der Waals surface area (Å²) < 4.78 is 0. The van der Waals surface area contributed by atoms with E-state index in [1.807, 2.05) is 6.08 Å². The molecule has 0 bridgehead atoms. The zero-order valence-corrected chi connectivity index (χ0v) is 40.6. The summed E-state index contributed by atoms with van der Waals surface area (Å²) in [4.78, 5) is 12.4. The second kappa shape index (κ2) is 52.4. The van der Waals surface area contributed by atoms with E-state index >= 15 is 0 Å². The maximum absolute atomic E-state index is 12.4. The number of aliphatic hydroxyl groups excluding tert-OH is 2. The van der Waals surface area contributed by atoms with Crippen molar-refractivity contribution in [2.75, 3.05) is 6.61 Å². The van der Waals surface area contributed by atoms with Crippen LogP contribution in [0.15, 0.2) is 109 Å². The Morgan fingerprint density at radius 2 is 0.726 bits per heavy atom. The van der Waals surface area contributed by atoms with E-state index < -0.39 is 12.1 Å². The first-order valence-corrected chi connectivity index (χ1v) is 26.1. The monoisotopic (exact) mass is 858 g/mol. The van der Waals surface area contributed by atoms with Crippen LogP contribution in [-0.4, -0.2) is 34.9 Å². The summed E-state index contributed by atoms with van der Waals surface area (Å²) in [5, 5.41) is 23.0. The van der Waals surface area contributed by atoms with Crippen molar-refractivity contribution in [3.63, 3.8) is 0 Å². The van der Waals surface area contributed by atoms with Crippen molar-refractivity contribution < 1.29 is 15.0 Å². The van der Waals surface area contributed by atoms with Gasteiger partial charge >= 0.3 is 0 Å². The first-order chi connectivity index (χ1) is 30.7. The third-order valence-electron chi connectivity index (χ3n) is 11.2. The summed E-state index contributed by atoms with van der Waals surface area (Å²) >= 11 is 0. The van der Waals surface area contributed by atoms with Crippen LogP contribution in [0.25, 0.3) is 0 Å². The minimum atomic E-state index is -0.866. The molecule has 0 aromatic rings. The molecule has 0 spiro atoms. The number of amides is 1. The maximum Gasteiger partial charge on any atom is 0.220 e. The molecule has 0 heterocycles. The van der Waals surface area contributed by atoms with E-state index in [1.54, 1.807) is 6.08 Å². The second-order valence-electron chi connectivity index (χ2n) is 17.2. The fraction of sp³-hybridized carbons (Fsp3) is 0.672. The molecule has 2 atom stereocenters. The molecule has 0 aliphatic carbocycles. The SMILES string of the molecule is CC/C=C\C/C=C\C/C=C\C/C=C\C/C=C\C/C=C\C/C=C\CCCCCCCCCCCCCCCCCC(=O)NC(CO)C(O)/C=C/CC/C=C/CCCCCCCCC. The van der Waals surface area contributed by atoms with Crippen LogP contribution in [0.1, 0.15) is 232 Å². The van der Waals surface area contributed by atoms with Gasteiger partial charge in [-0.1, -0.05) is 245 Å². The fourth-order valence-corrected chi connectivity index (χ4v) is 7.29. The van der Waals surface area contributed by atoms with E-state index in [4.69, 9.17) is 0 Å². The van der Waals surface area contributed by atoms with Gasteiger partial charge in [-0.3, -0.25) is 4.79 Å². The van der Waals surface area contributed by atoms with Gasteiger partial charge in [0.2, 0.25) is 5.91 Å². The van der Waals surface area contributed by atoms with Crippen LogP contribution in [0.3, 0.4) is 0 Å². The lowest BCUT2D eigenvalue weighted by atomic mass is 10.0. The largest absolute Gasteiger partial charge is 0.394 e. The molecule has 0 rings (SSSR count). The normalized spacial score (nSPS) is 13.8. The van der Waals surface area contributed by atoms with Crippen LogP contribution in [0.5, 0.6) is 0 Å². The van der Waals surface area contributed by atoms with E-state index in [0.717, 1.165) is 77.0 Å². The Morgan fingerprint density at radius 1 is 0.403 bits per heavy atom. The number of allylic oxidation sites excluding steroid dienone is 17. The average molecular weight is 858 g/mol. The van der Waals surface area contributed by atoms with Gasteiger partial charge in [0.15, 0.2) is 0 Å². The minimum absolute atomic E-state index is 0.0784. The molecule has 2 unspecified atom stereocenters. The van der Waals surface area contributed by atoms with Crippen LogP contribution in [0.4, 0.5) is 0 Å². The van der Waals surface area contributed by atoms with E-state index in [-0.39, 0.29) is 12.5 Å². The van der Waals surface area contributed by atoms with Gasteiger partial charge in [0, 0.05) is 6.42 Å². The molecule has 0 aromatic heterocycles. The van der Waals surface area contributed by atoms with Gasteiger partial charge in [-0.2, -0.15) is 0 Å². The molecule has 1 amide bonds. The quantitative estimate of drug-likeness (QED) is 0.0422. The topological polar surface area (TPSA) is 69.6 Å². The van der Waals surface area contributed by atoms with Gasteiger partial charge in [0.25, 0.3) is 0 Å². The molecule has 3 N–H and O–H groups in total. The van der Waals surface area contributed by atoms with Crippen molar-refractivity contribution in [2.45, 2.75) is 244 Å². The molecule has 0 aromatic carbocycles. The van der Waals surface area contributed by atoms with Crippen LogP contribution < -0.4 is 5.32 Å². The highest BCUT2D eigenvalue weighted by molar-refractivity contribution is 5.76. The van der Waals surface area contributed by atoms with Gasteiger partial charge in [-0.25, -0.2) is 0 Å². The van der Waals surface area contributed by atoms with Crippen molar-refractivity contribution >= 4 is 5.91 Å². The Morgan fingerprint density at radius 3 is 1.13 bits per heavy atom. The number of carbonyl (C=O) groups excluding carboxylic acids is 1. The first-order valence-electron chi connectivity index (χ1n) is 26.1. The summed E-state index contributed by atoms with van der Waals surface area (Å²) in [6.07, 6.45) is 79.5. The number of hydrogen-bond acceptors (Lipinski definition) is 3. The van der Waals surface area contributed by atoms with Crippen LogP contribution in [-0.2, 0) is 4.79 Å². The number of carbonyl (C=O) groups is 1. The van der Waals surface area contributed by atoms with Crippen molar-refractivity contribution in [3.8, 4) is 0 Å². The molecular formula is C58H99NO3. The molecule has 0 aliphatic heterocycles. The minimum Gasteiger partial charge on any atom is -0.394 e. The maximum atomic E-state index is 12.4. The lowest BCUT2D eigenvalue weighted by Crippen LogP contribution is -2.45. The second-order valence-corrected chi connectivity index (χ2v) is 17.2. The standard InChI is InChI=1S/C58H99NO3/c1-3-5-7-9-11-13-15-17-18-19-20-21-22-23-24-25-26-27-28-29-30-31-32-33-34-35-36-37-38-39-40-42-44-46-48-50-52-54-58(62)59-56(55-60)57(61)53-51-49-47-45-43-41-16-14-12-10-8-6-4-2/h5,7,11,13,17-18,20-21,23-24,26-27,29-30,43,45,51,53,56-57,60-61H,3-4,6,8-10,12,14-16,19,22,25,28,31-42,44,46-50,52,54-55H2,1-2H3,(H,59,62)/b7-5-,13-11-,18-17-,21-20-,24-23-,27-26-,30-29-,45-43+,53-51+. The predicted molar refractivity (Wildman–Crippen MR) is 276 cm³/mol. The third kappa shape index (κ3) is 48.1. The van der Waals surface area contributed by atoms with Crippen LogP contribution in [0.2, 0.25) is 0 Å². The molecule has 0 fully saturated rings. The van der Waals surface area contributed by atoms with Crippen molar-refractivity contribution in [1.29, 1.82) is 0 Å². The number of unbranched alkanes of at least 4 members (excludes halogenated alkanes) is 23. The van der Waals surface area contributed by atoms with Gasteiger partial charge in [-0.05, 0) is 89.9 Å². The molecular weight excluding hydrogens is 759 g/mol. The molecule has 354 valence electrons. The van der Waals surface area contributed by atoms with E-state index in [9.17, 15) is 15.0 Å². The molecule has 0 saturated heterocycles. The summed E-state index contributed by atoms with van der Waals surface area (Å²) in [6, 6.07) is -0.643. The smallest absolute Gasteiger partial charge is 0.220 e. The Bertz CT molecular complexity index is 1200. The van der Waals surface area contributed by atoms with Crippen molar-refractivity contribution in [3.05, 3.63) is 109 Å². The van der Waals surface area contributed by atoms with Crippen LogP contribution in [0, 0.1) is 0 Å². The number of nitrogens with one attached hydrogen (secondary N) is 1. The van der Waals surface area contributed by atoms with Gasteiger partial charge < -0.3 is 15.5 Å². The average Bonchev–Trinajstić information content (AvgIpc) is 3.28. The predicted octanol–water partition coefficient (Wildman–Crippen LogP) is 17.1. The van der Waals surface area contributed by atoms with Gasteiger partial charge in [-0.15, -0.1) is 0 Å². The van der Waals surface area contributed by atoms with Gasteiger partial charge in [0.1, 0.15) is 0 Å².